The summed E-state index contributed by atoms with van der Waals surface area (Å²) in [5, 5.41) is 2.60. The van der Waals surface area contributed by atoms with Gasteiger partial charge in [-0.15, -0.1) is 11.8 Å². The van der Waals surface area contributed by atoms with Crippen LogP contribution in [0.25, 0.3) is 0 Å². The third kappa shape index (κ3) is 5.65. The zero-order chi connectivity index (χ0) is 14.4. The van der Waals surface area contributed by atoms with Crippen molar-refractivity contribution in [1.82, 2.24) is 10.2 Å². The molecule has 0 spiro atoms. The van der Waals surface area contributed by atoms with E-state index in [1.807, 2.05) is 25.1 Å². The van der Waals surface area contributed by atoms with Crippen LogP contribution in [0.2, 0.25) is 0 Å². The third-order valence-electron chi connectivity index (χ3n) is 2.43. The summed E-state index contributed by atoms with van der Waals surface area (Å²) in [6.45, 7) is 2.05. The average Bonchev–Trinajstić information content (AvgIpc) is 2.34. The summed E-state index contributed by atoms with van der Waals surface area (Å²) in [4.78, 5) is 25.4. The molecule has 0 saturated carbocycles. The molecule has 4 nitrogen and oxygen atoms in total. The van der Waals surface area contributed by atoms with Crippen LogP contribution in [0.3, 0.4) is 0 Å². The zero-order valence-corrected chi connectivity index (χ0v) is 13.6. The maximum absolute atomic E-state index is 11.6. The number of aryl methyl sites for hydroxylation is 1. The van der Waals surface area contributed by atoms with Gasteiger partial charge in [-0.1, -0.05) is 15.9 Å². The summed E-state index contributed by atoms with van der Waals surface area (Å²) in [5.74, 6) is 0.0594. The van der Waals surface area contributed by atoms with Gasteiger partial charge < -0.3 is 10.2 Å². The lowest BCUT2D eigenvalue weighted by atomic mass is 10.2. The Kier molecular flexibility index (Phi) is 6.37. The second-order valence-electron chi connectivity index (χ2n) is 4.26. The lowest BCUT2D eigenvalue weighted by Gasteiger charge is -2.11. The quantitative estimate of drug-likeness (QED) is 0.831. The SMILES string of the molecule is Cc1cc(Br)ccc1SCC(=O)NCC(=O)N(C)C. The van der Waals surface area contributed by atoms with E-state index >= 15 is 0 Å². The summed E-state index contributed by atoms with van der Waals surface area (Å²) < 4.78 is 1.02. The first-order valence-electron chi connectivity index (χ1n) is 5.76. The smallest absolute Gasteiger partial charge is 0.241 e. The number of amides is 2. The van der Waals surface area contributed by atoms with E-state index in [0.29, 0.717) is 5.75 Å². The number of hydrogen-bond donors (Lipinski definition) is 1. The molecular weight excluding hydrogens is 328 g/mol. The van der Waals surface area contributed by atoms with Crippen molar-refractivity contribution < 1.29 is 9.59 Å². The fourth-order valence-corrected chi connectivity index (χ4v) is 2.62. The number of carbonyl (C=O) groups is 2. The molecule has 1 N–H and O–H groups in total. The highest BCUT2D eigenvalue weighted by Crippen LogP contribution is 2.24. The lowest BCUT2D eigenvalue weighted by Crippen LogP contribution is -2.36. The van der Waals surface area contributed by atoms with Crippen LogP contribution in [0.1, 0.15) is 5.56 Å². The molecule has 0 bridgehead atoms. The Balaban J connectivity index is 2.40. The van der Waals surface area contributed by atoms with Crippen LogP contribution < -0.4 is 5.32 Å². The Morgan fingerprint density at radius 2 is 2.05 bits per heavy atom. The molecule has 2 amide bonds. The topological polar surface area (TPSA) is 49.4 Å². The summed E-state index contributed by atoms with van der Waals surface area (Å²) in [6.07, 6.45) is 0. The molecular formula is C13H17BrN2O2S. The highest BCUT2D eigenvalue weighted by atomic mass is 79.9. The predicted octanol–water partition coefficient (Wildman–Crippen LogP) is 2.05. The van der Waals surface area contributed by atoms with Crippen molar-refractivity contribution in [3.63, 3.8) is 0 Å². The van der Waals surface area contributed by atoms with Crippen LogP contribution in [-0.4, -0.2) is 43.1 Å². The maximum Gasteiger partial charge on any atom is 0.241 e. The number of rotatable bonds is 5. The van der Waals surface area contributed by atoms with Gasteiger partial charge >= 0.3 is 0 Å². The summed E-state index contributed by atoms with van der Waals surface area (Å²) in [6, 6.07) is 5.93. The van der Waals surface area contributed by atoms with Crippen molar-refractivity contribution in [3.8, 4) is 0 Å². The Hall–Kier alpha value is -1.01. The van der Waals surface area contributed by atoms with Gasteiger partial charge in [0.15, 0.2) is 0 Å². The molecule has 0 aliphatic carbocycles. The van der Waals surface area contributed by atoms with Crippen LogP contribution in [-0.2, 0) is 9.59 Å². The molecule has 1 aromatic carbocycles. The van der Waals surface area contributed by atoms with Gasteiger partial charge in [0.1, 0.15) is 0 Å². The minimum atomic E-state index is -0.137. The second kappa shape index (κ2) is 7.55. The number of nitrogens with zero attached hydrogens (tertiary/aromatic N) is 1. The van der Waals surface area contributed by atoms with Gasteiger partial charge in [0.2, 0.25) is 11.8 Å². The Bertz CT molecular complexity index is 478. The van der Waals surface area contributed by atoms with E-state index in [0.717, 1.165) is 14.9 Å². The monoisotopic (exact) mass is 344 g/mol. The summed E-state index contributed by atoms with van der Waals surface area (Å²) >= 11 is 4.87. The molecule has 104 valence electrons. The van der Waals surface area contributed by atoms with Crippen LogP contribution in [0.15, 0.2) is 27.6 Å². The molecule has 19 heavy (non-hydrogen) atoms. The van der Waals surface area contributed by atoms with Crippen molar-refractivity contribution in [2.24, 2.45) is 0 Å². The van der Waals surface area contributed by atoms with Crippen molar-refractivity contribution >= 4 is 39.5 Å². The molecule has 0 unspecified atom stereocenters. The van der Waals surface area contributed by atoms with E-state index in [1.165, 1.54) is 16.7 Å². The van der Waals surface area contributed by atoms with E-state index in [-0.39, 0.29) is 18.4 Å². The number of hydrogen-bond acceptors (Lipinski definition) is 3. The van der Waals surface area contributed by atoms with Crippen LogP contribution in [0.4, 0.5) is 0 Å². The van der Waals surface area contributed by atoms with Crippen molar-refractivity contribution in [1.29, 1.82) is 0 Å². The average molecular weight is 345 g/mol. The Morgan fingerprint density at radius 3 is 2.63 bits per heavy atom. The van der Waals surface area contributed by atoms with Crippen molar-refractivity contribution in [2.45, 2.75) is 11.8 Å². The number of likely N-dealkylation sites (N-methyl/N-ethyl adjacent to an activating group) is 1. The van der Waals surface area contributed by atoms with Gasteiger partial charge in [0.25, 0.3) is 0 Å². The molecule has 0 radical (unpaired) electrons. The molecule has 0 atom stereocenters. The fourth-order valence-electron chi connectivity index (χ4n) is 1.30. The van der Waals surface area contributed by atoms with Gasteiger partial charge in [-0.3, -0.25) is 9.59 Å². The molecule has 0 saturated heterocycles. The maximum atomic E-state index is 11.6. The molecule has 1 aromatic rings. The second-order valence-corrected chi connectivity index (χ2v) is 6.20. The van der Waals surface area contributed by atoms with Crippen LogP contribution >= 0.6 is 27.7 Å². The Morgan fingerprint density at radius 1 is 1.37 bits per heavy atom. The summed E-state index contributed by atoms with van der Waals surface area (Å²) in [7, 11) is 3.32. The predicted molar refractivity (Wildman–Crippen MR) is 81.3 cm³/mol. The molecule has 0 heterocycles. The fraction of sp³-hybridized carbons (Fsp3) is 0.385. The van der Waals surface area contributed by atoms with Gasteiger partial charge in [-0.25, -0.2) is 0 Å². The molecule has 6 heteroatoms. The third-order valence-corrected chi connectivity index (χ3v) is 4.10. The zero-order valence-electron chi connectivity index (χ0n) is 11.2. The van der Waals surface area contributed by atoms with Gasteiger partial charge in [0, 0.05) is 23.5 Å². The van der Waals surface area contributed by atoms with Crippen molar-refractivity contribution in [3.05, 3.63) is 28.2 Å². The van der Waals surface area contributed by atoms with Gasteiger partial charge in [0.05, 0.1) is 12.3 Å². The first-order valence-corrected chi connectivity index (χ1v) is 7.54. The molecule has 0 fully saturated rings. The first kappa shape index (κ1) is 16.0. The Labute approximate surface area is 126 Å². The van der Waals surface area contributed by atoms with Crippen LogP contribution in [0, 0.1) is 6.92 Å². The molecule has 0 aliphatic rings. The van der Waals surface area contributed by atoms with Gasteiger partial charge in [-0.05, 0) is 30.7 Å². The largest absolute Gasteiger partial charge is 0.347 e. The normalized spacial score (nSPS) is 10.1. The minimum absolute atomic E-state index is 0.0473. The number of carbonyl (C=O) groups excluding carboxylic acids is 2. The van der Waals surface area contributed by atoms with Crippen molar-refractivity contribution in [2.75, 3.05) is 26.4 Å². The van der Waals surface area contributed by atoms with E-state index in [4.69, 9.17) is 0 Å². The number of benzene rings is 1. The summed E-state index contributed by atoms with van der Waals surface area (Å²) in [5.41, 5.74) is 1.12. The van der Waals surface area contributed by atoms with Crippen LogP contribution in [0.5, 0.6) is 0 Å². The number of thioether (sulfide) groups is 1. The molecule has 0 aliphatic heterocycles. The number of nitrogens with one attached hydrogen (secondary N) is 1. The van der Waals surface area contributed by atoms with E-state index in [2.05, 4.69) is 21.2 Å². The highest BCUT2D eigenvalue weighted by Gasteiger charge is 2.08. The minimum Gasteiger partial charge on any atom is -0.347 e. The number of halogens is 1. The standard InChI is InChI=1S/C13H17BrN2O2S/c1-9-6-10(14)4-5-11(9)19-8-12(17)15-7-13(18)16(2)3/h4-6H,7-8H2,1-3H3,(H,15,17). The highest BCUT2D eigenvalue weighted by molar-refractivity contribution is 9.10. The van der Waals surface area contributed by atoms with Gasteiger partial charge in [-0.2, -0.15) is 0 Å². The molecule has 0 aromatic heterocycles. The van der Waals surface area contributed by atoms with E-state index in [1.54, 1.807) is 14.1 Å². The van der Waals surface area contributed by atoms with E-state index < -0.39 is 0 Å². The first-order chi connectivity index (χ1) is 8.90. The van der Waals surface area contributed by atoms with E-state index in [9.17, 15) is 9.59 Å². The lowest BCUT2D eigenvalue weighted by molar-refractivity contribution is -0.130. The molecule has 1 rings (SSSR count).